The summed E-state index contributed by atoms with van der Waals surface area (Å²) in [5.41, 5.74) is 0.197. The van der Waals surface area contributed by atoms with Crippen LogP contribution in [0.4, 0.5) is 39.4 Å². The number of ether oxygens (including phenoxy) is 1. The second kappa shape index (κ2) is 10.4. The van der Waals surface area contributed by atoms with Gasteiger partial charge >= 0.3 is 6.03 Å². The molecule has 0 unspecified atom stereocenters. The SMILES string of the molecule is O=C(Nc1ccc(F)c(F)c1)Nc1cc(F)c(F)c(C(=O)c2cc3cc(N4CCOCC4)cnc3cn2)c1. The summed E-state index contributed by atoms with van der Waals surface area (Å²) in [5, 5.41) is 5.06. The number of carbonyl (C=O) groups is 2. The summed E-state index contributed by atoms with van der Waals surface area (Å²) in [4.78, 5) is 35.9. The standard InChI is InChI=1S/C26H19F4N5O3/c27-19-2-1-15(10-20(19)28)33-26(37)34-16-9-18(24(30)21(29)11-16)25(36)22-8-14-7-17(12-31-23(14)13-32-22)35-3-5-38-6-4-35/h1-2,7-13H,3-6H2,(H2,33,34,37). The fourth-order valence-electron chi connectivity index (χ4n) is 3.97. The molecule has 1 aliphatic rings. The van der Waals surface area contributed by atoms with E-state index in [4.69, 9.17) is 4.74 Å². The minimum absolute atomic E-state index is 0.0781. The number of amides is 2. The average Bonchev–Trinajstić information content (AvgIpc) is 2.92. The van der Waals surface area contributed by atoms with Crippen molar-refractivity contribution in [2.75, 3.05) is 41.8 Å². The Kier molecular flexibility index (Phi) is 6.88. The van der Waals surface area contributed by atoms with E-state index in [0.29, 0.717) is 43.3 Å². The number of urea groups is 1. The third-order valence-electron chi connectivity index (χ3n) is 5.87. The quantitative estimate of drug-likeness (QED) is 0.284. The molecule has 0 spiro atoms. The molecule has 5 rings (SSSR count). The third kappa shape index (κ3) is 5.25. The third-order valence-corrected chi connectivity index (χ3v) is 5.87. The van der Waals surface area contributed by atoms with E-state index < -0.39 is 40.6 Å². The van der Waals surface area contributed by atoms with Crippen molar-refractivity contribution in [2.24, 2.45) is 0 Å². The van der Waals surface area contributed by atoms with E-state index >= 15 is 0 Å². The zero-order valence-electron chi connectivity index (χ0n) is 19.6. The number of fused-ring (bicyclic) bond motifs is 1. The fraction of sp³-hybridized carbons (Fsp3) is 0.154. The molecule has 1 saturated heterocycles. The van der Waals surface area contributed by atoms with Crippen LogP contribution in [0.25, 0.3) is 10.9 Å². The van der Waals surface area contributed by atoms with Crippen LogP contribution in [0.15, 0.2) is 54.9 Å². The van der Waals surface area contributed by atoms with Gasteiger partial charge in [0.1, 0.15) is 5.69 Å². The van der Waals surface area contributed by atoms with E-state index in [1.54, 1.807) is 6.20 Å². The topological polar surface area (TPSA) is 96.5 Å². The summed E-state index contributed by atoms with van der Waals surface area (Å²) < 4.78 is 60.8. The number of pyridine rings is 2. The summed E-state index contributed by atoms with van der Waals surface area (Å²) in [6, 6.07) is 6.62. The van der Waals surface area contributed by atoms with Crippen LogP contribution in [0.5, 0.6) is 0 Å². The first-order valence-corrected chi connectivity index (χ1v) is 11.4. The van der Waals surface area contributed by atoms with E-state index in [-0.39, 0.29) is 17.1 Å². The van der Waals surface area contributed by atoms with Gasteiger partial charge in [0.2, 0.25) is 5.78 Å². The largest absolute Gasteiger partial charge is 0.378 e. The van der Waals surface area contributed by atoms with Crippen LogP contribution >= 0.6 is 0 Å². The smallest absolute Gasteiger partial charge is 0.323 e. The molecule has 0 bridgehead atoms. The Morgan fingerprint density at radius 2 is 1.55 bits per heavy atom. The van der Waals surface area contributed by atoms with Gasteiger partial charge in [0, 0.05) is 42.0 Å². The van der Waals surface area contributed by atoms with Gasteiger partial charge < -0.3 is 20.3 Å². The number of halogens is 4. The van der Waals surface area contributed by atoms with Gasteiger partial charge in [-0.3, -0.25) is 14.8 Å². The van der Waals surface area contributed by atoms with Crippen molar-refractivity contribution < 1.29 is 31.9 Å². The maximum absolute atomic E-state index is 14.6. The maximum Gasteiger partial charge on any atom is 0.323 e. The predicted octanol–water partition coefficient (Wildman–Crippen LogP) is 4.90. The number of rotatable bonds is 5. The highest BCUT2D eigenvalue weighted by Crippen LogP contribution is 2.25. The molecule has 2 aromatic carbocycles. The van der Waals surface area contributed by atoms with Crippen LogP contribution in [0.1, 0.15) is 16.1 Å². The lowest BCUT2D eigenvalue weighted by atomic mass is 10.0. The van der Waals surface area contributed by atoms with Crippen LogP contribution in [0, 0.1) is 23.3 Å². The maximum atomic E-state index is 14.6. The molecule has 12 heteroatoms. The number of aromatic nitrogens is 2. The molecule has 4 aromatic rings. The molecule has 2 N–H and O–H groups in total. The molecule has 0 aliphatic carbocycles. The van der Waals surface area contributed by atoms with Crippen LogP contribution in [-0.2, 0) is 4.74 Å². The molecule has 0 radical (unpaired) electrons. The first-order valence-electron chi connectivity index (χ1n) is 11.4. The number of hydrogen-bond donors (Lipinski definition) is 2. The monoisotopic (exact) mass is 525 g/mol. The Labute approximate surface area is 213 Å². The van der Waals surface area contributed by atoms with Crippen LogP contribution in [-0.4, -0.2) is 48.1 Å². The van der Waals surface area contributed by atoms with Gasteiger partial charge in [-0.1, -0.05) is 0 Å². The van der Waals surface area contributed by atoms with Crippen molar-refractivity contribution in [3.05, 3.63) is 89.4 Å². The highest BCUT2D eigenvalue weighted by Gasteiger charge is 2.22. The summed E-state index contributed by atoms with van der Waals surface area (Å²) in [5.74, 6) is -5.99. The van der Waals surface area contributed by atoms with Crippen LogP contribution < -0.4 is 15.5 Å². The van der Waals surface area contributed by atoms with Gasteiger partial charge in [0.25, 0.3) is 0 Å². The molecule has 2 aromatic heterocycles. The Hall–Kier alpha value is -4.58. The number of carbonyl (C=O) groups excluding carboxylic acids is 2. The number of nitrogens with zero attached hydrogens (tertiary/aromatic N) is 3. The molecular formula is C26H19F4N5O3. The molecular weight excluding hydrogens is 506 g/mol. The Morgan fingerprint density at radius 1 is 0.816 bits per heavy atom. The number of anilines is 3. The first kappa shape index (κ1) is 25.1. The molecule has 1 aliphatic heterocycles. The van der Waals surface area contributed by atoms with Gasteiger partial charge in [0.15, 0.2) is 23.3 Å². The lowest BCUT2D eigenvalue weighted by Crippen LogP contribution is -2.36. The van der Waals surface area contributed by atoms with E-state index in [1.165, 1.54) is 12.3 Å². The summed E-state index contributed by atoms with van der Waals surface area (Å²) >= 11 is 0. The van der Waals surface area contributed by atoms with Gasteiger partial charge in [-0.25, -0.2) is 22.4 Å². The Balaban J connectivity index is 1.39. The van der Waals surface area contributed by atoms with E-state index in [0.717, 1.165) is 30.0 Å². The molecule has 2 amide bonds. The highest BCUT2D eigenvalue weighted by molar-refractivity contribution is 6.10. The summed E-state index contributed by atoms with van der Waals surface area (Å²) in [6.45, 7) is 2.51. The minimum Gasteiger partial charge on any atom is -0.378 e. The second-order valence-corrected chi connectivity index (χ2v) is 8.41. The molecule has 3 heterocycles. The summed E-state index contributed by atoms with van der Waals surface area (Å²) in [7, 11) is 0. The Bertz CT molecular complexity index is 1560. The summed E-state index contributed by atoms with van der Waals surface area (Å²) in [6.07, 6.45) is 3.05. The van der Waals surface area contributed by atoms with Crippen LogP contribution in [0.3, 0.4) is 0 Å². The molecule has 38 heavy (non-hydrogen) atoms. The van der Waals surface area contributed by atoms with Gasteiger partial charge in [-0.05, 0) is 30.3 Å². The van der Waals surface area contributed by atoms with Gasteiger partial charge in [-0.2, -0.15) is 0 Å². The second-order valence-electron chi connectivity index (χ2n) is 8.41. The first-order chi connectivity index (χ1) is 18.3. The zero-order chi connectivity index (χ0) is 26.8. The number of benzene rings is 2. The number of morpholine rings is 1. The van der Waals surface area contributed by atoms with Crippen molar-refractivity contribution in [2.45, 2.75) is 0 Å². The molecule has 194 valence electrons. The number of nitrogens with one attached hydrogen (secondary N) is 2. The van der Waals surface area contributed by atoms with Crippen molar-refractivity contribution in [1.29, 1.82) is 0 Å². The molecule has 1 fully saturated rings. The highest BCUT2D eigenvalue weighted by atomic mass is 19.2. The number of ketones is 1. The van der Waals surface area contributed by atoms with Gasteiger partial charge in [-0.15, -0.1) is 0 Å². The zero-order valence-corrected chi connectivity index (χ0v) is 19.6. The average molecular weight is 525 g/mol. The van der Waals surface area contributed by atoms with Crippen molar-refractivity contribution >= 4 is 39.8 Å². The normalized spacial score (nSPS) is 13.4. The van der Waals surface area contributed by atoms with E-state index in [2.05, 4.69) is 25.5 Å². The fourth-order valence-corrected chi connectivity index (χ4v) is 3.97. The molecule has 8 nitrogen and oxygen atoms in total. The van der Waals surface area contributed by atoms with Gasteiger partial charge in [0.05, 0.1) is 42.4 Å². The minimum atomic E-state index is -1.41. The van der Waals surface area contributed by atoms with Crippen molar-refractivity contribution in [3.8, 4) is 0 Å². The van der Waals surface area contributed by atoms with Crippen molar-refractivity contribution in [1.82, 2.24) is 9.97 Å². The van der Waals surface area contributed by atoms with Crippen molar-refractivity contribution in [3.63, 3.8) is 0 Å². The lowest BCUT2D eigenvalue weighted by Gasteiger charge is -2.28. The predicted molar refractivity (Wildman–Crippen MR) is 131 cm³/mol. The Morgan fingerprint density at radius 3 is 2.32 bits per heavy atom. The molecule has 0 atom stereocenters. The lowest BCUT2D eigenvalue weighted by molar-refractivity contribution is 0.102. The van der Waals surface area contributed by atoms with E-state index in [1.807, 2.05) is 6.07 Å². The van der Waals surface area contributed by atoms with E-state index in [9.17, 15) is 27.2 Å². The van der Waals surface area contributed by atoms with Crippen LogP contribution in [0.2, 0.25) is 0 Å². The molecule has 0 saturated carbocycles. The number of hydrogen-bond acceptors (Lipinski definition) is 6.